The van der Waals surface area contributed by atoms with Crippen LogP contribution in [0.1, 0.15) is 18.5 Å². The van der Waals surface area contributed by atoms with Crippen LogP contribution in [0.4, 0.5) is 24.5 Å². The van der Waals surface area contributed by atoms with Crippen molar-refractivity contribution in [1.82, 2.24) is 9.47 Å². The summed E-state index contributed by atoms with van der Waals surface area (Å²) in [7, 11) is -2.00. The minimum Gasteiger partial charge on any atom is -0.495 e. The van der Waals surface area contributed by atoms with Gasteiger partial charge >= 0.3 is 6.18 Å². The zero-order valence-corrected chi connectivity index (χ0v) is 23.1. The molecule has 3 aromatic rings. The van der Waals surface area contributed by atoms with E-state index in [0.717, 1.165) is 37.9 Å². The molecule has 0 spiro atoms. The van der Waals surface area contributed by atoms with Crippen LogP contribution in [0.3, 0.4) is 0 Å². The first-order valence-corrected chi connectivity index (χ1v) is 14.5. The van der Waals surface area contributed by atoms with Crippen molar-refractivity contribution in [2.75, 3.05) is 43.6 Å². The van der Waals surface area contributed by atoms with Gasteiger partial charge in [-0.3, -0.25) is 0 Å². The van der Waals surface area contributed by atoms with Crippen molar-refractivity contribution in [3.63, 3.8) is 0 Å². The molecule has 2 heterocycles. The van der Waals surface area contributed by atoms with Gasteiger partial charge < -0.3 is 30.6 Å². The van der Waals surface area contributed by atoms with Crippen LogP contribution in [0.2, 0.25) is 0 Å². The Morgan fingerprint density at radius 1 is 1.18 bits per heavy atom. The van der Waals surface area contributed by atoms with Gasteiger partial charge in [0.2, 0.25) is 0 Å². The van der Waals surface area contributed by atoms with E-state index in [2.05, 4.69) is 29.1 Å². The van der Waals surface area contributed by atoms with Gasteiger partial charge in [-0.25, -0.2) is 8.42 Å². The summed E-state index contributed by atoms with van der Waals surface area (Å²) < 4.78 is 70.7. The Bertz CT molecular complexity index is 1560. The molecule has 1 aromatic heterocycles. The number of anilines is 2. The van der Waals surface area contributed by atoms with Crippen molar-refractivity contribution in [1.29, 1.82) is 0 Å². The second-order valence-electron chi connectivity index (χ2n) is 9.66. The monoisotopic (exact) mass is 575 g/mol. The lowest BCUT2D eigenvalue weighted by atomic mass is 10.0. The van der Waals surface area contributed by atoms with E-state index in [-0.39, 0.29) is 23.2 Å². The average Bonchev–Trinajstić information content (AvgIpc) is 3.23. The maximum absolute atomic E-state index is 13.5. The summed E-state index contributed by atoms with van der Waals surface area (Å²) in [6, 6.07) is 11.5. The predicted octanol–water partition coefficient (Wildman–Crippen LogP) is 4.39. The van der Waals surface area contributed by atoms with Gasteiger partial charge in [0.25, 0.3) is 0 Å². The van der Waals surface area contributed by atoms with Gasteiger partial charge in [0.05, 0.1) is 41.3 Å². The number of halogens is 3. The van der Waals surface area contributed by atoms with Crippen LogP contribution in [-0.2, 0) is 16.4 Å². The van der Waals surface area contributed by atoms with Crippen molar-refractivity contribution in [3.05, 3.63) is 60.6 Å². The molecule has 0 unspecified atom stereocenters. The highest BCUT2D eigenvalue weighted by Crippen LogP contribution is 2.32. The van der Waals surface area contributed by atoms with Crippen molar-refractivity contribution in [2.45, 2.75) is 36.5 Å². The molecule has 0 aliphatic carbocycles. The Kier molecular flexibility index (Phi) is 8.44. The predicted molar refractivity (Wildman–Crippen MR) is 151 cm³/mol. The van der Waals surface area contributed by atoms with Crippen LogP contribution in [0.5, 0.6) is 5.75 Å². The largest absolute Gasteiger partial charge is 0.495 e. The number of alkyl halides is 3. The molecule has 12 heteroatoms. The number of likely N-dealkylation sites (tertiary alicyclic amines) is 1. The van der Waals surface area contributed by atoms with Gasteiger partial charge in [-0.2, -0.15) is 13.2 Å². The Labute approximate surface area is 231 Å². The number of nitrogens with zero attached hydrogens (tertiary/aromatic N) is 2. The van der Waals surface area contributed by atoms with Gasteiger partial charge in [-0.05, 0) is 49.1 Å². The molecule has 40 heavy (non-hydrogen) atoms. The first-order chi connectivity index (χ1) is 18.9. The minimum atomic E-state index is -4.43. The van der Waals surface area contributed by atoms with Crippen LogP contribution in [0.25, 0.3) is 10.9 Å². The third-order valence-electron chi connectivity index (χ3n) is 6.73. The van der Waals surface area contributed by atoms with E-state index in [1.165, 1.54) is 23.8 Å². The van der Waals surface area contributed by atoms with E-state index in [9.17, 15) is 21.6 Å². The van der Waals surface area contributed by atoms with Gasteiger partial charge in [0.1, 0.15) is 12.3 Å². The number of sulfone groups is 1. The molecule has 0 saturated carbocycles. The maximum atomic E-state index is 13.5. The minimum absolute atomic E-state index is 0.0955. The van der Waals surface area contributed by atoms with Gasteiger partial charge in [0.15, 0.2) is 9.84 Å². The number of nitrogens with one attached hydrogen (secondary N) is 2. The van der Waals surface area contributed by atoms with Gasteiger partial charge in [0, 0.05) is 42.5 Å². The SMILES string of the molecule is C=C(N)N1CCC(Nc2cccc3c2cc(C#CCNc2ccc(S(C)(=O)=O)cc2OC)n3CC(F)(F)F)CC1. The summed E-state index contributed by atoms with van der Waals surface area (Å²) in [5.41, 5.74) is 7.73. The van der Waals surface area contributed by atoms with Crippen LogP contribution < -0.4 is 21.1 Å². The molecule has 214 valence electrons. The highest BCUT2D eigenvalue weighted by atomic mass is 32.2. The van der Waals surface area contributed by atoms with Crippen molar-refractivity contribution in [3.8, 4) is 17.6 Å². The summed E-state index contributed by atoms with van der Waals surface area (Å²) in [5, 5.41) is 7.19. The summed E-state index contributed by atoms with van der Waals surface area (Å²) >= 11 is 0. The van der Waals surface area contributed by atoms with Crippen molar-refractivity contribution >= 4 is 32.1 Å². The molecule has 8 nitrogen and oxygen atoms in total. The van der Waals surface area contributed by atoms with E-state index < -0.39 is 22.6 Å². The molecule has 1 fully saturated rings. The van der Waals surface area contributed by atoms with Crippen molar-refractivity contribution in [2.24, 2.45) is 5.73 Å². The highest BCUT2D eigenvalue weighted by molar-refractivity contribution is 7.90. The van der Waals surface area contributed by atoms with Gasteiger partial charge in [-0.15, -0.1) is 0 Å². The number of hydrogen-bond acceptors (Lipinski definition) is 7. The molecule has 0 atom stereocenters. The van der Waals surface area contributed by atoms with Gasteiger partial charge in [-0.1, -0.05) is 18.6 Å². The van der Waals surface area contributed by atoms with Crippen molar-refractivity contribution < 1.29 is 26.3 Å². The number of rotatable bonds is 8. The maximum Gasteiger partial charge on any atom is 0.406 e. The second kappa shape index (κ2) is 11.6. The Morgan fingerprint density at radius 3 is 2.52 bits per heavy atom. The molecule has 4 rings (SSSR count). The molecular formula is C28H32F3N5O3S. The number of benzene rings is 2. The first-order valence-electron chi connectivity index (χ1n) is 12.6. The molecule has 0 radical (unpaired) electrons. The van der Waals surface area contributed by atoms with E-state index in [1.807, 2.05) is 11.0 Å². The average molecular weight is 576 g/mol. The number of piperidine rings is 1. The van der Waals surface area contributed by atoms with E-state index in [0.29, 0.717) is 28.2 Å². The number of nitrogens with two attached hydrogens (primary N) is 1. The smallest absolute Gasteiger partial charge is 0.406 e. The number of aromatic nitrogens is 1. The first kappa shape index (κ1) is 29.0. The molecule has 0 bridgehead atoms. The standard InChI is InChI=1S/C28H32F3N5O3S/c1-19(32)35-14-11-20(12-15-35)34-24-7-4-8-26-23(24)16-21(36(26)18-28(29,30)31)6-5-13-33-25-10-9-22(40(3,37)38)17-27(25)39-2/h4,7-10,16-17,20,33-34H,1,11-15,18,32H2,2-3H3. The normalized spacial score (nSPS) is 14.5. The van der Waals surface area contributed by atoms with E-state index in [4.69, 9.17) is 10.5 Å². The second-order valence-corrected chi connectivity index (χ2v) is 11.7. The summed E-state index contributed by atoms with van der Waals surface area (Å²) in [4.78, 5) is 2.12. The molecule has 1 aliphatic rings. The fourth-order valence-corrected chi connectivity index (χ4v) is 5.35. The lowest BCUT2D eigenvalue weighted by molar-refractivity contribution is -0.140. The lowest BCUT2D eigenvalue weighted by Gasteiger charge is -2.34. The third kappa shape index (κ3) is 6.96. The number of methoxy groups -OCH3 is 1. The fraction of sp³-hybridized carbons (Fsp3) is 0.357. The Morgan fingerprint density at radius 2 is 1.90 bits per heavy atom. The molecule has 1 aliphatic heterocycles. The zero-order valence-electron chi connectivity index (χ0n) is 22.3. The number of ether oxygens (including phenoxy) is 1. The molecular weight excluding hydrogens is 543 g/mol. The van der Waals surface area contributed by atoms with E-state index in [1.54, 1.807) is 24.3 Å². The summed E-state index contributed by atoms with van der Waals surface area (Å²) in [5.74, 6) is 6.60. The summed E-state index contributed by atoms with van der Waals surface area (Å²) in [6.07, 6.45) is -1.69. The quantitative estimate of drug-likeness (QED) is 0.343. The highest BCUT2D eigenvalue weighted by Gasteiger charge is 2.30. The third-order valence-corrected chi connectivity index (χ3v) is 7.84. The number of fused-ring (bicyclic) bond motifs is 1. The zero-order chi connectivity index (χ0) is 29.1. The fourth-order valence-electron chi connectivity index (χ4n) is 4.72. The Hall–Kier alpha value is -3.98. The van der Waals surface area contributed by atoms with Crippen LogP contribution in [-0.4, -0.2) is 63.1 Å². The van der Waals surface area contributed by atoms with Crippen LogP contribution in [0, 0.1) is 11.8 Å². The topological polar surface area (TPSA) is 102 Å². The summed E-state index contributed by atoms with van der Waals surface area (Å²) in [6.45, 7) is 4.21. The molecule has 1 saturated heterocycles. The Balaban J connectivity index is 1.57. The lowest BCUT2D eigenvalue weighted by Crippen LogP contribution is -2.40. The number of hydrogen-bond donors (Lipinski definition) is 3. The molecule has 0 amide bonds. The van der Waals surface area contributed by atoms with Crippen LogP contribution >= 0.6 is 0 Å². The molecule has 4 N–H and O–H groups in total. The van der Waals surface area contributed by atoms with E-state index >= 15 is 0 Å². The van der Waals surface area contributed by atoms with Crippen LogP contribution in [0.15, 0.2) is 59.8 Å². The molecule has 2 aromatic carbocycles.